The number of hydrogen-bond acceptors (Lipinski definition) is 3. The number of rotatable bonds is 0. The molecule has 2 N–H and O–H groups in total. The molecule has 0 spiro atoms. The Morgan fingerprint density at radius 1 is 1.42 bits per heavy atom. The standard InChI is InChI=1S/C9H11N3/c10-3-7-4-12-6-8-5-11-2-1-9(7)8/h4,11-12H,1-2,5-6H2. The van der Waals surface area contributed by atoms with Gasteiger partial charge in [0.2, 0.25) is 0 Å². The molecule has 3 heteroatoms. The Balaban J connectivity index is 2.34. The Kier molecular flexibility index (Phi) is 1.84. The number of nitrogens with zero attached hydrogens (tertiary/aromatic N) is 1. The molecule has 2 aliphatic heterocycles. The van der Waals surface area contributed by atoms with Crippen molar-refractivity contribution in [2.75, 3.05) is 19.6 Å². The van der Waals surface area contributed by atoms with Crippen molar-refractivity contribution in [3.63, 3.8) is 0 Å². The number of hydrogen-bond donors (Lipinski definition) is 2. The third kappa shape index (κ3) is 1.10. The summed E-state index contributed by atoms with van der Waals surface area (Å²) < 4.78 is 0. The lowest BCUT2D eigenvalue weighted by molar-refractivity contribution is 0.653. The predicted octanol–water partition coefficient (Wildman–Crippen LogP) is 0.287. The first-order chi connectivity index (χ1) is 5.92. The highest BCUT2D eigenvalue weighted by atomic mass is 14.9. The fraction of sp³-hybridized carbons (Fsp3) is 0.444. The van der Waals surface area contributed by atoms with Crippen molar-refractivity contribution < 1.29 is 0 Å². The van der Waals surface area contributed by atoms with E-state index in [2.05, 4.69) is 16.7 Å². The number of nitrogens with one attached hydrogen (secondary N) is 2. The zero-order valence-corrected chi connectivity index (χ0v) is 6.85. The molecule has 0 aromatic heterocycles. The molecule has 0 fully saturated rings. The minimum Gasteiger partial charge on any atom is -0.386 e. The van der Waals surface area contributed by atoms with Gasteiger partial charge in [-0.05, 0) is 24.1 Å². The van der Waals surface area contributed by atoms with Crippen molar-refractivity contribution in [1.29, 1.82) is 5.26 Å². The minimum atomic E-state index is 0.817. The molecule has 0 radical (unpaired) electrons. The van der Waals surface area contributed by atoms with Crippen LogP contribution in [-0.4, -0.2) is 19.6 Å². The zero-order chi connectivity index (χ0) is 8.39. The summed E-state index contributed by atoms with van der Waals surface area (Å²) in [5, 5.41) is 15.2. The van der Waals surface area contributed by atoms with Crippen LogP contribution in [0, 0.1) is 11.3 Å². The van der Waals surface area contributed by atoms with E-state index in [0.29, 0.717) is 0 Å². The molecule has 0 saturated carbocycles. The van der Waals surface area contributed by atoms with Gasteiger partial charge in [0.1, 0.15) is 6.07 Å². The lowest BCUT2D eigenvalue weighted by atomic mass is 9.93. The van der Waals surface area contributed by atoms with Gasteiger partial charge in [0.05, 0.1) is 5.57 Å². The van der Waals surface area contributed by atoms with E-state index in [1.54, 1.807) is 0 Å². The largest absolute Gasteiger partial charge is 0.386 e. The first kappa shape index (κ1) is 7.38. The van der Waals surface area contributed by atoms with Crippen LogP contribution in [0.4, 0.5) is 0 Å². The molecule has 0 atom stereocenters. The van der Waals surface area contributed by atoms with Crippen LogP contribution in [0.1, 0.15) is 6.42 Å². The molecule has 12 heavy (non-hydrogen) atoms. The van der Waals surface area contributed by atoms with Gasteiger partial charge in [-0.2, -0.15) is 5.26 Å². The summed E-state index contributed by atoms with van der Waals surface area (Å²) in [6.07, 6.45) is 2.82. The zero-order valence-electron chi connectivity index (χ0n) is 6.85. The number of nitriles is 1. The summed E-state index contributed by atoms with van der Waals surface area (Å²) in [6.45, 7) is 2.83. The highest BCUT2D eigenvalue weighted by Gasteiger charge is 2.17. The Morgan fingerprint density at radius 3 is 3.17 bits per heavy atom. The van der Waals surface area contributed by atoms with Crippen molar-refractivity contribution in [3.8, 4) is 6.07 Å². The molecule has 62 valence electrons. The van der Waals surface area contributed by atoms with E-state index in [0.717, 1.165) is 31.6 Å². The monoisotopic (exact) mass is 161 g/mol. The molecular formula is C9H11N3. The second-order valence-corrected chi connectivity index (χ2v) is 3.06. The van der Waals surface area contributed by atoms with Gasteiger partial charge in [-0.25, -0.2) is 0 Å². The van der Waals surface area contributed by atoms with Crippen LogP contribution < -0.4 is 10.6 Å². The van der Waals surface area contributed by atoms with Crippen molar-refractivity contribution in [2.24, 2.45) is 0 Å². The van der Waals surface area contributed by atoms with Gasteiger partial charge < -0.3 is 10.6 Å². The fourth-order valence-electron chi connectivity index (χ4n) is 1.69. The Hall–Kier alpha value is -1.27. The Morgan fingerprint density at radius 2 is 2.33 bits per heavy atom. The normalized spacial score (nSPS) is 22.1. The van der Waals surface area contributed by atoms with Crippen LogP contribution in [0.3, 0.4) is 0 Å². The maximum Gasteiger partial charge on any atom is 0.101 e. The van der Waals surface area contributed by atoms with Gasteiger partial charge in [-0.15, -0.1) is 0 Å². The van der Waals surface area contributed by atoms with Crippen LogP contribution in [-0.2, 0) is 0 Å². The fourth-order valence-corrected chi connectivity index (χ4v) is 1.69. The average molecular weight is 161 g/mol. The number of dihydropyridines is 1. The van der Waals surface area contributed by atoms with Crippen LogP contribution in [0.25, 0.3) is 0 Å². The van der Waals surface area contributed by atoms with Gasteiger partial charge in [0, 0.05) is 19.3 Å². The van der Waals surface area contributed by atoms with Crippen LogP contribution in [0.15, 0.2) is 22.9 Å². The molecule has 2 aliphatic rings. The highest BCUT2D eigenvalue weighted by Crippen LogP contribution is 2.22. The molecule has 0 saturated heterocycles. The molecule has 3 nitrogen and oxygen atoms in total. The van der Waals surface area contributed by atoms with E-state index in [1.807, 2.05) is 6.20 Å². The van der Waals surface area contributed by atoms with Crippen molar-refractivity contribution >= 4 is 0 Å². The van der Waals surface area contributed by atoms with Crippen LogP contribution >= 0.6 is 0 Å². The molecule has 0 unspecified atom stereocenters. The van der Waals surface area contributed by atoms with Crippen LogP contribution in [0.2, 0.25) is 0 Å². The van der Waals surface area contributed by atoms with E-state index < -0.39 is 0 Å². The topological polar surface area (TPSA) is 47.9 Å². The molecular weight excluding hydrogens is 150 g/mol. The smallest absolute Gasteiger partial charge is 0.101 e. The predicted molar refractivity (Wildman–Crippen MR) is 46.2 cm³/mol. The van der Waals surface area contributed by atoms with E-state index >= 15 is 0 Å². The first-order valence-electron chi connectivity index (χ1n) is 4.17. The van der Waals surface area contributed by atoms with Gasteiger partial charge in [-0.1, -0.05) is 0 Å². The van der Waals surface area contributed by atoms with Crippen LogP contribution in [0.5, 0.6) is 0 Å². The SMILES string of the molecule is N#CC1=CNCC2=C1CCNC2. The molecule has 0 amide bonds. The second-order valence-electron chi connectivity index (χ2n) is 3.06. The third-order valence-corrected chi connectivity index (χ3v) is 2.32. The van der Waals surface area contributed by atoms with Crippen molar-refractivity contribution in [1.82, 2.24) is 10.6 Å². The maximum atomic E-state index is 8.82. The molecule has 2 heterocycles. The minimum absolute atomic E-state index is 0.817. The molecule has 0 aromatic rings. The summed E-state index contributed by atoms with van der Waals surface area (Å²) in [4.78, 5) is 0. The number of allylic oxidation sites excluding steroid dienone is 1. The lowest BCUT2D eigenvalue weighted by Crippen LogP contribution is -2.32. The Labute approximate surface area is 71.8 Å². The van der Waals surface area contributed by atoms with Crippen molar-refractivity contribution in [2.45, 2.75) is 6.42 Å². The summed E-state index contributed by atoms with van der Waals surface area (Å²) in [5.74, 6) is 0. The van der Waals surface area contributed by atoms with Gasteiger partial charge in [0.25, 0.3) is 0 Å². The summed E-state index contributed by atoms with van der Waals surface area (Å²) in [5.41, 5.74) is 3.42. The molecule has 0 bridgehead atoms. The summed E-state index contributed by atoms with van der Waals surface area (Å²) in [6, 6.07) is 2.22. The molecule has 2 rings (SSSR count). The average Bonchev–Trinajstić information content (AvgIpc) is 2.17. The van der Waals surface area contributed by atoms with Crippen molar-refractivity contribution in [3.05, 3.63) is 22.9 Å². The Bertz CT molecular complexity index is 293. The van der Waals surface area contributed by atoms with E-state index in [1.165, 1.54) is 11.1 Å². The van der Waals surface area contributed by atoms with Gasteiger partial charge >= 0.3 is 0 Å². The molecule has 0 aromatic carbocycles. The first-order valence-corrected chi connectivity index (χ1v) is 4.17. The second kappa shape index (κ2) is 3.00. The highest BCUT2D eigenvalue weighted by molar-refractivity contribution is 5.48. The molecule has 0 aliphatic carbocycles. The third-order valence-electron chi connectivity index (χ3n) is 2.32. The quantitative estimate of drug-likeness (QED) is 0.536. The van der Waals surface area contributed by atoms with Gasteiger partial charge in [0.15, 0.2) is 0 Å². The lowest BCUT2D eigenvalue weighted by Gasteiger charge is -2.24. The van der Waals surface area contributed by atoms with E-state index in [4.69, 9.17) is 5.26 Å². The maximum absolute atomic E-state index is 8.82. The van der Waals surface area contributed by atoms with E-state index in [-0.39, 0.29) is 0 Å². The summed E-state index contributed by atoms with van der Waals surface area (Å²) in [7, 11) is 0. The van der Waals surface area contributed by atoms with Gasteiger partial charge in [-0.3, -0.25) is 0 Å². The van der Waals surface area contributed by atoms with E-state index in [9.17, 15) is 0 Å². The summed E-state index contributed by atoms with van der Waals surface area (Å²) >= 11 is 0.